The van der Waals surface area contributed by atoms with Crippen LogP contribution >= 0.6 is 11.3 Å². The van der Waals surface area contributed by atoms with Crippen molar-refractivity contribution in [1.82, 2.24) is 0 Å². The number of para-hydroxylation sites is 1. The van der Waals surface area contributed by atoms with E-state index in [0.29, 0.717) is 0 Å². The van der Waals surface area contributed by atoms with E-state index >= 15 is 0 Å². The molecule has 18 aromatic carbocycles. The molecule has 2 aromatic heterocycles. The van der Waals surface area contributed by atoms with Crippen LogP contribution in [0.1, 0.15) is 0 Å². The molecule has 20 rings (SSSR count). The van der Waals surface area contributed by atoms with E-state index in [9.17, 15) is 0 Å². The Morgan fingerprint density at radius 2 is 0.564 bits per heavy atom. The summed E-state index contributed by atoms with van der Waals surface area (Å²) in [5.41, 5.74) is 18.4. The summed E-state index contributed by atoms with van der Waals surface area (Å²) in [4.78, 5) is 0. The Morgan fingerprint density at radius 1 is 0.191 bits per heavy atom. The van der Waals surface area contributed by atoms with E-state index in [1.165, 1.54) is 151 Å². The molecule has 0 N–H and O–H groups in total. The van der Waals surface area contributed by atoms with Crippen LogP contribution in [0.15, 0.2) is 332 Å². The molecule has 0 aliphatic heterocycles. The quantitative estimate of drug-likeness (QED) is 0.145. The predicted molar refractivity (Wildman–Crippen MR) is 405 cm³/mol. The third-order valence-electron chi connectivity index (χ3n) is 20.2. The average molecular weight is 1210 g/mol. The molecular weight excluding hydrogens is 1150 g/mol. The van der Waals surface area contributed by atoms with E-state index in [4.69, 9.17) is 4.42 Å². The van der Waals surface area contributed by atoms with Gasteiger partial charge in [-0.3, -0.25) is 0 Å². The molecule has 1 nitrogen and oxygen atoms in total. The Bertz CT molecular complexity index is 6570. The number of thiophene rings is 1. The molecule has 0 radical (unpaired) electrons. The second-order valence-corrected chi connectivity index (χ2v) is 26.4. The maximum atomic E-state index is 7.16. The molecule has 2 heteroatoms. The standard InChI is InChI=1S/C92H54OS/c1-3-21-63-53-84-80(49-61(63)19-1)77-33-15-35-79(92(77)93-84)90-74-30-12-9-27-71(74)87(59-41-37-57(38-42-59)69-31-13-23-55-17-5-7-25-67(55)69)75-47-45-66(51-82(75)90)65-46-48-76-81(50-65)88(60-43-39-58(40-44-60)70-32-14-24-56-18-6-8-26-68(56)70)72-28-10-11-29-73(72)89(76)78-34-16-36-85-91(78)83-52-62-20-2-4-22-64(62)54-86(83)94-85/h1-54H. The molecule has 0 saturated heterocycles. The largest absolute Gasteiger partial charge is 0.455 e. The van der Waals surface area contributed by atoms with Crippen molar-refractivity contribution in [2.45, 2.75) is 0 Å². The maximum absolute atomic E-state index is 7.16. The third kappa shape index (κ3) is 8.13. The first-order valence-corrected chi connectivity index (χ1v) is 33.3. The van der Waals surface area contributed by atoms with Crippen molar-refractivity contribution in [3.8, 4) is 77.9 Å². The summed E-state index contributed by atoms with van der Waals surface area (Å²) < 4.78 is 9.75. The summed E-state index contributed by atoms with van der Waals surface area (Å²) in [5.74, 6) is 0. The number of furan rings is 1. The van der Waals surface area contributed by atoms with Gasteiger partial charge in [-0.15, -0.1) is 11.3 Å². The number of hydrogen-bond donors (Lipinski definition) is 0. The first kappa shape index (κ1) is 52.8. The van der Waals surface area contributed by atoms with Crippen LogP contribution < -0.4 is 0 Å². The predicted octanol–water partition coefficient (Wildman–Crippen LogP) is 26.8. The molecule has 0 amide bonds. The van der Waals surface area contributed by atoms with Crippen LogP contribution in [0.25, 0.3) is 206 Å². The van der Waals surface area contributed by atoms with Gasteiger partial charge in [0.05, 0.1) is 0 Å². The highest BCUT2D eigenvalue weighted by Crippen LogP contribution is 2.52. The first-order chi connectivity index (χ1) is 46.6. The molecule has 20 aromatic rings. The smallest absolute Gasteiger partial charge is 0.143 e. The molecule has 0 bridgehead atoms. The van der Waals surface area contributed by atoms with Crippen LogP contribution in [-0.4, -0.2) is 0 Å². The summed E-state index contributed by atoms with van der Waals surface area (Å²) in [6.07, 6.45) is 0. The lowest BCUT2D eigenvalue weighted by atomic mass is 9.82. The zero-order valence-electron chi connectivity index (χ0n) is 51.0. The lowest BCUT2D eigenvalue weighted by Crippen LogP contribution is -1.94. The van der Waals surface area contributed by atoms with E-state index in [1.807, 2.05) is 11.3 Å². The molecule has 0 atom stereocenters. The molecule has 94 heavy (non-hydrogen) atoms. The van der Waals surface area contributed by atoms with Gasteiger partial charge in [0.1, 0.15) is 11.2 Å². The summed E-state index contributed by atoms with van der Waals surface area (Å²) in [6.45, 7) is 0. The average Bonchev–Trinajstić information content (AvgIpc) is 1.49. The van der Waals surface area contributed by atoms with Gasteiger partial charge in [-0.05, 0) is 195 Å². The summed E-state index contributed by atoms with van der Waals surface area (Å²) in [6, 6.07) is 122. The number of hydrogen-bond acceptors (Lipinski definition) is 2. The van der Waals surface area contributed by atoms with Crippen LogP contribution in [0.5, 0.6) is 0 Å². The molecular formula is C92H54OS. The highest BCUT2D eigenvalue weighted by molar-refractivity contribution is 7.26. The number of rotatable bonds is 7. The van der Waals surface area contributed by atoms with Crippen molar-refractivity contribution >= 4 is 140 Å². The van der Waals surface area contributed by atoms with Gasteiger partial charge in [0.15, 0.2) is 0 Å². The van der Waals surface area contributed by atoms with Gasteiger partial charge >= 0.3 is 0 Å². The van der Waals surface area contributed by atoms with Gasteiger partial charge in [-0.1, -0.05) is 285 Å². The van der Waals surface area contributed by atoms with Crippen LogP contribution in [0.2, 0.25) is 0 Å². The molecule has 2 heterocycles. The monoisotopic (exact) mass is 1210 g/mol. The van der Waals surface area contributed by atoms with E-state index in [-0.39, 0.29) is 0 Å². The Morgan fingerprint density at radius 3 is 1.15 bits per heavy atom. The minimum absolute atomic E-state index is 0.886. The fraction of sp³-hybridized carbons (Fsp3) is 0. The zero-order valence-corrected chi connectivity index (χ0v) is 51.8. The van der Waals surface area contributed by atoms with Gasteiger partial charge in [0, 0.05) is 42.1 Å². The van der Waals surface area contributed by atoms with Crippen LogP contribution in [0, 0.1) is 0 Å². The minimum atomic E-state index is 0.886. The van der Waals surface area contributed by atoms with Gasteiger partial charge < -0.3 is 4.42 Å². The van der Waals surface area contributed by atoms with Crippen molar-refractivity contribution in [2.24, 2.45) is 0 Å². The minimum Gasteiger partial charge on any atom is -0.455 e. The molecule has 0 aliphatic carbocycles. The molecule has 0 fully saturated rings. The van der Waals surface area contributed by atoms with Crippen molar-refractivity contribution in [2.75, 3.05) is 0 Å². The van der Waals surface area contributed by atoms with Gasteiger partial charge in [-0.2, -0.15) is 0 Å². The lowest BCUT2D eigenvalue weighted by Gasteiger charge is -2.21. The van der Waals surface area contributed by atoms with E-state index < -0.39 is 0 Å². The normalized spacial score (nSPS) is 12.0. The lowest BCUT2D eigenvalue weighted by molar-refractivity contribution is 0.670. The molecule has 434 valence electrons. The van der Waals surface area contributed by atoms with Crippen molar-refractivity contribution in [3.05, 3.63) is 328 Å². The first-order valence-electron chi connectivity index (χ1n) is 32.4. The maximum Gasteiger partial charge on any atom is 0.143 e. The van der Waals surface area contributed by atoms with E-state index in [2.05, 4.69) is 328 Å². The van der Waals surface area contributed by atoms with Gasteiger partial charge in [0.2, 0.25) is 0 Å². The van der Waals surface area contributed by atoms with Crippen LogP contribution in [0.4, 0.5) is 0 Å². The SMILES string of the molecule is c1ccc2cc3c(cc2c1)oc1c(-c2c4ccccc4c(-c4ccc(-c5cccc6ccccc56)cc4)c4ccc(-c5ccc6c(-c7cccc8sc9cc%10ccccc%10cc9c78)c7ccccc7c(-c7ccc(-c8cccc9ccccc89)cc7)c6c5)cc24)cccc13. The Hall–Kier alpha value is -11.9. The van der Waals surface area contributed by atoms with E-state index in [0.717, 1.165) is 55.0 Å². The van der Waals surface area contributed by atoms with Crippen molar-refractivity contribution in [3.63, 3.8) is 0 Å². The second kappa shape index (κ2) is 20.8. The summed E-state index contributed by atoms with van der Waals surface area (Å²) in [5, 5.41) is 24.3. The molecule has 0 unspecified atom stereocenters. The Balaban J connectivity index is 0.849. The van der Waals surface area contributed by atoms with Crippen molar-refractivity contribution < 1.29 is 4.42 Å². The summed E-state index contributed by atoms with van der Waals surface area (Å²) in [7, 11) is 0. The third-order valence-corrected chi connectivity index (χ3v) is 21.3. The Labute approximate surface area is 545 Å². The summed E-state index contributed by atoms with van der Waals surface area (Å²) >= 11 is 1.89. The molecule has 0 saturated carbocycles. The zero-order chi connectivity index (χ0) is 61.5. The fourth-order valence-electron chi connectivity index (χ4n) is 15.9. The second-order valence-electron chi connectivity index (χ2n) is 25.3. The van der Waals surface area contributed by atoms with Crippen LogP contribution in [0.3, 0.4) is 0 Å². The highest BCUT2D eigenvalue weighted by atomic mass is 32.1. The number of benzene rings is 18. The highest BCUT2D eigenvalue weighted by Gasteiger charge is 2.25. The van der Waals surface area contributed by atoms with Gasteiger partial charge in [-0.25, -0.2) is 0 Å². The van der Waals surface area contributed by atoms with Crippen molar-refractivity contribution in [1.29, 1.82) is 0 Å². The fourth-order valence-corrected chi connectivity index (χ4v) is 17.1. The van der Waals surface area contributed by atoms with E-state index in [1.54, 1.807) is 0 Å². The topological polar surface area (TPSA) is 13.1 Å². The van der Waals surface area contributed by atoms with Crippen LogP contribution in [-0.2, 0) is 0 Å². The number of fused-ring (bicyclic) bond motifs is 14. The molecule has 0 aliphatic rings. The molecule has 0 spiro atoms. The van der Waals surface area contributed by atoms with Gasteiger partial charge in [0.25, 0.3) is 0 Å². The Kier molecular flexibility index (Phi) is 11.7.